The fourth-order valence-electron chi connectivity index (χ4n) is 3.57. The summed E-state index contributed by atoms with van der Waals surface area (Å²) in [5.74, 6) is -1.94. The number of carbonyl (C=O) groups excluding carboxylic acids is 1. The lowest BCUT2D eigenvalue weighted by Crippen LogP contribution is -2.39. The number of rotatable bonds is 2. The molecule has 4 rings (SSSR count). The van der Waals surface area contributed by atoms with Crippen LogP contribution in [-0.4, -0.2) is 45.4 Å². The van der Waals surface area contributed by atoms with Crippen molar-refractivity contribution < 1.29 is 23.0 Å². The fraction of sp³-hybridized carbons (Fsp3) is 0.350. The third-order valence-corrected chi connectivity index (χ3v) is 4.91. The largest absolute Gasteiger partial charge is 0.486 e. The molecule has 0 atom stereocenters. The van der Waals surface area contributed by atoms with Crippen LogP contribution in [0.1, 0.15) is 15.9 Å². The molecule has 0 aromatic heterocycles. The maximum Gasteiger partial charge on any atom is 0.258 e. The number of hydrogen-bond donors (Lipinski definition) is 0. The molecule has 1 amide bonds. The molecule has 27 heavy (non-hydrogen) atoms. The van der Waals surface area contributed by atoms with Gasteiger partial charge in [0.05, 0.1) is 19.8 Å². The van der Waals surface area contributed by atoms with Crippen molar-refractivity contribution in [3.8, 4) is 5.75 Å². The number of benzene rings is 2. The quantitative estimate of drug-likeness (QED) is 0.810. The van der Waals surface area contributed by atoms with Gasteiger partial charge in [0.2, 0.25) is 0 Å². The minimum absolute atomic E-state index is 0.115. The minimum atomic E-state index is -0.680. The van der Waals surface area contributed by atoms with Crippen molar-refractivity contribution >= 4 is 17.3 Å². The van der Waals surface area contributed by atoms with Crippen molar-refractivity contribution in [2.75, 3.05) is 49.3 Å². The van der Waals surface area contributed by atoms with Gasteiger partial charge in [0.1, 0.15) is 12.3 Å². The highest BCUT2D eigenvalue weighted by Gasteiger charge is 2.30. The summed E-state index contributed by atoms with van der Waals surface area (Å²) >= 11 is 0. The van der Waals surface area contributed by atoms with Gasteiger partial charge >= 0.3 is 0 Å². The van der Waals surface area contributed by atoms with Crippen LogP contribution in [0.5, 0.6) is 5.75 Å². The second kappa shape index (κ2) is 7.15. The summed E-state index contributed by atoms with van der Waals surface area (Å²) in [6, 6.07) is 7.43. The van der Waals surface area contributed by atoms with E-state index in [4.69, 9.17) is 9.47 Å². The molecule has 142 valence electrons. The van der Waals surface area contributed by atoms with Crippen LogP contribution >= 0.6 is 0 Å². The summed E-state index contributed by atoms with van der Waals surface area (Å²) < 4.78 is 38.9. The maximum atomic E-state index is 14.3. The van der Waals surface area contributed by atoms with Gasteiger partial charge in [-0.25, -0.2) is 8.78 Å². The highest BCUT2D eigenvalue weighted by Crippen LogP contribution is 2.37. The Morgan fingerprint density at radius 1 is 1.00 bits per heavy atom. The first-order chi connectivity index (χ1) is 13.1. The summed E-state index contributed by atoms with van der Waals surface area (Å²) in [5.41, 5.74) is 2.30. The number of ether oxygens (including phenoxy) is 2. The molecule has 2 aromatic rings. The van der Waals surface area contributed by atoms with E-state index in [1.807, 2.05) is 13.0 Å². The molecule has 2 aromatic carbocycles. The SMILES string of the molecule is Cc1cc(C(=O)N2CCOc3c(F)ccc(F)c32)ccc1N1CCOCC1. The molecule has 2 aliphatic heterocycles. The molecule has 2 aliphatic rings. The summed E-state index contributed by atoms with van der Waals surface area (Å²) in [6.45, 7) is 5.17. The van der Waals surface area contributed by atoms with Crippen LogP contribution in [0.15, 0.2) is 30.3 Å². The molecule has 0 aliphatic carbocycles. The minimum Gasteiger partial charge on any atom is -0.486 e. The predicted octanol–water partition coefficient (Wildman–Crippen LogP) is 3.15. The number of aryl methyl sites for hydroxylation is 1. The van der Waals surface area contributed by atoms with E-state index in [1.54, 1.807) is 12.1 Å². The van der Waals surface area contributed by atoms with Gasteiger partial charge < -0.3 is 14.4 Å². The van der Waals surface area contributed by atoms with E-state index in [0.29, 0.717) is 18.8 Å². The van der Waals surface area contributed by atoms with Gasteiger partial charge in [-0.2, -0.15) is 0 Å². The van der Waals surface area contributed by atoms with Crippen molar-refractivity contribution in [3.05, 3.63) is 53.1 Å². The zero-order valence-corrected chi connectivity index (χ0v) is 15.0. The Morgan fingerprint density at radius 2 is 1.74 bits per heavy atom. The van der Waals surface area contributed by atoms with Crippen LogP contribution in [-0.2, 0) is 4.74 Å². The molecular formula is C20H20F2N2O3. The third kappa shape index (κ3) is 3.23. The van der Waals surface area contributed by atoms with Gasteiger partial charge in [0.15, 0.2) is 17.4 Å². The fourth-order valence-corrected chi connectivity index (χ4v) is 3.57. The van der Waals surface area contributed by atoms with Crippen LogP contribution in [0.3, 0.4) is 0 Å². The van der Waals surface area contributed by atoms with Crippen molar-refractivity contribution in [1.82, 2.24) is 0 Å². The van der Waals surface area contributed by atoms with Gasteiger partial charge in [0, 0.05) is 24.3 Å². The van der Waals surface area contributed by atoms with Gasteiger partial charge in [-0.05, 0) is 42.8 Å². The normalized spacial score (nSPS) is 16.7. The average molecular weight is 374 g/mol. The lowest BCUT2D eigenvalue weighted by atomic mass is 10.1. The Balaban J connectivity index is 1.65. The van der Waals surface area contributed by atoms with Gasteiger partial charge in [-0.15, -0.1) is 0 Å². The number of hydrogen-bond acceptors (Lipinski definition) is 4. The molecule has 0 N–H and O–H groups in total. The van der Waals surface area contributed by atoms with Crippen molar-refractivity contribution in [3.63, 3.8) is 0 Å². The first-order valence-corrected chi connectivity index (χ1v) is 8.92. The van der Waals surface area contributed by atoms with Crippen molar-refractivity contribution in [2.45, 2.75) is 6.92 Å². The Morgan fingerprint density at radius 3 is 2.48 bits per heavy atom. The second-order valence-corrected chi connectivity index (χ2v) is 6.61. The standard InChI is InChI=1S/C20H20F2N2O3/c1-13-12-14(2-5-17(13)23-6-9-26-10-7-23)20(25)24-8-11-27-19-16(22)4-3-15(21)18(19)24/h2-5,12H,6-11H2,1H3. The highest BCUT2D eigenvalue weighted by molar-refractivity contribution is 6.07. The Kier molecular flexibility index (Phi) is 4.70. The highest BCUT2D eigenvalue weighted by atomic mass is 19.1. The maximum absolute atomic E-state index is 14.3. The monoisotopic (exact) mass is 374 g/mol. The van der Waals surface area contributed by atoms with Crippen LogP contribution in [0.2, 0.25) is 0 Å². The van der Waals surface area contributed by atoms with E-state index < -0.39 is 11.6 Å². The average Bonchev–Trinajstić information content (AvgIpc) is 2.70. The molecule has 1 fully saturated rings. The predicted molar refractivity (Wildman–Crippen MR) is 97.7 cm³/mol. The number of halogens is 2. The van der Waals surface area contributed by atoms with E-state index >= 15 is 0 Å². The molecule has 7 heteroatoms. The smallest absolute Gasteiger partial charge is 0.258 e. The first-order valence-electron chi connectivity index (χ1n) is 8.92. The van der Waals surface area contributed by atoms with Crippen LogP contribution < -0.4 is 14.5 Å². The molecule has 1 saturated heterocycles. The molecule has 0 spiro atoms. The summed E-state index contributed by atoms with van der Waals surface area (Å²) in [4.78, 5) is 16.5. The number of morpholine rings is 1. The molecule has 0 saturated carbocycles. The van der Waals surface area contributed by atoms with E-state index in [9.17, 15) is 13.6 Å². The van der Waals surface area contributed by atoms with Crippen molar-refractivity contribution in [1.29, 1.82) is 0 Å². The van der Waals surface area contributed by atoms with E-state index in [1.165, 1.54) is 4.90 Å². The number of anilines is 2. The zero-order chi connectivity index (χ0) is 19.0. The summed E-state index contributed by atoms with van der Waals surface area (Å²) in [5, 5.41) is 0. The second-order valence-electron chi connectivity index (χ2n) is 6.61. The number of fused-ring (bicyclic) bond motifs is 1. The molecule has 0 unspecified atom stereocenters. The van der Waals surface area contributed by atoms with Gasteiger partial charge in [0.25, 0.3) is 5.91 Å². The Labute approximate surface area is 156 Å². The molecule has 5 nitrogen and oxygen atoms in total. The summed E-state index contributed by atoms with van der Waals surface area (Å²) in [6.07, 6.45) is 0. The topological polar surface area (TPSA) is 42.0 Å². The van der Waals surface area contributed by atoms with Gasteiger partial charge in [-0.3, -0.25) is 9.69 Å². The van der Waals surface area contributed by atoms with E-state index in [-0.39, 0.29) is 30.5 Å². The lowest BCUT2D eigenvalue weighted by Gasteiger charge is -2.31. The van der Waals surface area contributed by atoms with Crippen molar-refractivity contribution in [2.24, 2.45) is 0 Å². The third-order valence-electron chi connectivity index (χ3n) is 4.91. The first kappa shape index (κ1) is 17.7. The van der Waals surface area contributed by atoms with Crippen LogP contribution in [0, 0.1) is 18.6 Å². The summed E-state index contributed by atoms with van der Waals surface area (Å²) in [7, 11) is 0. The Bertz CT molecular complexity index is 882. The Hall–Kier alpha value is -2.67. The van der Waals surface area contributed by atoms with E-state index in [0.717, 1.165) is 36.5 Å². The number of amides is 1. The molecule has 0 radical (unpaired) electrons. The molecular weight excluding hydrogens is 354 g/mol. The number of nitrogens with zero attached hydrogens (tertiary/aromatic N) is 2. The molecule has 0 bridgehead atoms. The van der Waals surface area contributed by atoms with Gasteiger partial charge in [-0.1, -0.05) is 0 Å². The van der Waals surface area contributed by atoms with E-state index in [2.05, 4.69) is 4.90 Å². The lowest BCUT2D eigenvalue weighted by molar-refractivity contribution is 0.0974. The van der Waals surface area contributed by atoms with Crippen LogP contribution in [0.4, 0.5) is 20.2 Å². The molecule has 2 heterocycles. The van der Waals surface area contributed by atoms with Crippen LogP contribution in [0.25, 0.3) is 0 Å². The number of carbonyl (C=O) groups is 1. The zero-order valence-electron chi connectivity index (χ0n) is 15.0.